The highest BCUT2D eigenvalue weighted by molar-refractivity contribution is 6.00. The number of imidazole rings is 1. The average Bonchev–Trinajstić information content (AvgIpc) is 3.51. The molecule has 0 saturated carbocycles. The Kier molecular flexibility index (Phi) is 6.25. The summed E-state index contributed by atoms with van der Waals surface area (Å²) in [6, 6.07) is 8.82. The predicted molar refractivity (Wildman–Crippen MR) is 112 cm³/mol. The van der Waals surface area contributed by atoms with Crippen LogP contribution in [0.3, 0.4) is 0 Å². The number of hydrogen-bond donors (Lipinski definition) is 3. The lowest BCUT2D eigenvalue weighted by atomic mass is 10.1. The van der Waals surface area contributed by atoms with E-state index in [2.05, 4.69) is 31.5 Å². The van der Waals surface area contributed by atoms with Crippen molar-refractivity contribution in [2.45, 2.75) is 25.6 Å². The van der Waals surface area contributed by atoms with Crippen molar-refractivity contribution < 1.29 is 19.1 Å². The van der Waals surface area contributed by atoms with Crippen LogP contribution in [0.2, 0.25) is 0 Å². The van der Waals surface area contributed by atoms with E-state index in [0.29, 0.717) is 36.5 Å². The molecule has 1 aliphatic heterocycles. The normalized spacial score (nSPS) is 16.3. The van der Waals surface area contributed by atoms with E-state index in [0.717, 1.165) is 0 Å². The van der Waals surface area contributed by atoms with Crippen LogP contribution in [0.1, 0.15) is 41.1 Å². The van der Waals surface area contributed by atoms with Crippen LogP contribution in [0, 0.1) is 11.3 Å². The molecule has 2 atom stereocenters. The molecule has 0 unspecified atom stereocenters. The van der Waals surface area contributed by atoms with Gasteiger partial charge in [-0.3, -0.25) is 9.63 Å². The molecule has 3 heterocycles. The Morgan fingerprint density at radius 2 is 2.31 bits per heavy atom. The standard InChI is InChI=1S/C21H21N7O4/c1-12(16-9-24-11-25-16)32-28-20(29)17-18(23)26-19(14-4-2-3-13(7-14)8-22)27-21(17)31-15-5-6-30-10-15/h2-4,7,9,11-12,15H,5-6,10H2,1H3,(H,24,25)(H,28,29)(H2,23,26,27)/t12-,15+/m1/s1. The van der Waals surface area contributed by atoms with Gasteiger partial charge in [0.25, 0.3) is 5.91 Å². The summed E-state index contributed by atoms with van der Waals surface area (Å²) in [5.74, 6) is -0.487. The summed E-state index contributed by atoms with van der Waals surface area (Å²) in [7, 11) is 0. The van der Waals surface area contributed by atoms with E-state index in [4.69, 9.17) is 20.0 Å². The summed E-state index contributed by atoms with van der Waals surface area (Å²) in [5.41, 5.74) is 10.2. The number of rotatable bonds is 7. The Bertz CT molecular complexity index is 1140. The van der Waals surface area contributed by atoms with Crippen LogP contribution in [0.25, 0.3) is 11.4 Å². The minimum atomic E-state index is -0.653. The molecule has 0 bridgehead atoms. The van der Waals surface area contributed by atoms with Gasteiger partial charge in [0.05, 0.1) is 43.1 Å². The quantitative estimate of drug-likeness (QED) is 0.471. The third-order valence-corrected chi connectivity index (χ3v) is 4.83. The van der Waals surface area contributed by atoms with Gasteiger partial charge in [-0.2, -0.15) is 10.2 Å². The van der Waals surface area contributed by atoms with Crippen LogP contribution in [0.4, 0.5) is 5.82 Å². The number of hydrogen-bond acceptors (Lipinski definition) is 9. The second-order valence-corrected chi connectivity index (χ2v) is 7.11. The van der Waals surface area contributed by atoms with Crippen molar-refractivity contribution in [2.24, 2.45) is 0 Å². The maximum absolute atomic E-state index is 12.9. The van der Waals surface area contributed by atoms with Crippen LogP contribution in [0.15, 0.2) is 36.8 Å². The highest BCUT2D eigenvalue weighted by Gasteiger charge is 2.26. The van der Waals surface area contributed by atoms with E-state index in [1.807, 2.05) is 0 Å². The van der Waals surface area contributed by atoms with Crippen molar-refractivity contribution in [3.63, 3.8) is 0 Å². The van der Waals surface area contributed by atoms with Gasteiger partial charge in [0, 0.05) is 12.0 Å². The number of carbonyl (C=O) groups excluding carboxylic acids is 1. The molecule has 0 radical (unpaired) electrons. The van der Waals surface area contributed by atoms with Crippen molar-refractivity contribution in [3.8, 4) is 23.3 Å². The summed E-state index contributed by atoms with van der Waals surface area (Å²) < 4.78 is 11.3. The third-order valence-electron chi connectivity index (χ3n) is 4.83. The number of nitriles is 1. The van der Waals surface area contributed by atoms with E-state index in [9.17, 15) is 10.1 Å². The van der Waals surface area contributed by atoms with Gasteiger partial charge in [0.2, 0.25) is 5.88 Å². The lowest BCUT2D eigenvalue weighted by Crippen LogP contribution is -2.29. The van der Waals surface area contributed by atoms with Crippen LogP contribution in [-0.2, 0) is 9.57 Å². The van der Waals surface area contributed by atoms with Gasteiger partial charge >= 0.3 is 0 Å². The number of benzene rings is 1. The van der Waals surface area contributed by atoms with Gasteiger partial charge in [0.15, 0.2) is 5.82 Å². The summed E-state index contributed by atoms with van der Waals surface area (Å²) in [4.78, 5) is 33.9. The van der Waals surface area contributed by atoms with E-state index in [1.165, 1.54) is 6.33 Å². The van der Waals surface area contributed by atoms with Crippen LogP contribution in [-0.4, -0.2) is 45.2 Å². The van der Waals surface area contributed by atoms with Gasteiger partial charge in [-0.1, -0.05) is 12.1 Å². The van der Waals surface area contributed by atoms with E-state index < -0.39 is 12.0 Å². The topological polar surface area (TPSA) is 161 Å². The zero-order chi connectivity index (χ0) is 22.5. The smallest absolute Gasteiger partial charge is 0.284 e. The molecule has 11 heteroatoms. The van der Waals surface area contributed by atoms with E-state index in [-0.39, 0.29) is 29.2 Å². The molecule has 164 valence electrons. The van der Waals surface area contributed by atoms with Crippen LogP contribution >= 0.6 is 0 Å². The molecule has 0 spiro atoms. The third kappa shape index (κ3) is 4.66. The minimum Gasteiger partial charge on any atom is -0.471 e. The summed E-state index contributed by atoms with van der Waals surface area (Å²) >= 11 is 0. The van der Waals surface area contributed by atoms with Crippen LogP contribution < -0.4 is 16.0 Å². The second-order valence-electron chi connectivity index (χ2n) is 7.11. The molecule has 0 aliphatic carbocycles. The molecule has 1 aromatic carbocycles. The zero-order valence-electron chi connectivity index (χ0n) is 17.2. The number of nitrogen functional groups attached to an aromatic ring is 1. The molecule has 1 fully saturated rings. The Morgan fingerprint density at radius 1 is 1.44 bits per heavy atom. The number of anilines is 1. The van der Waals surface area contributed by atoms with Gasteiger partial charge < -0.3 is 20.2 Å². The van der Waals surface area contributed by atoms with Gasteiger partial charge in [0.1, 0.15) is 23.6 Å². The molecule has 2 aromatic heterocycles. The number of hydroxylamine groups is 1. The molecule has 1 aliphatic rings. The Hall–Kier alpha value is -4.01. The molecular weight excluding hydrogens is 414 g/mol. The number of nitrogens with one attached hydrogen (secondary N) is 2. The number of H-pyrrole nitrogens is 1. The molecular formula is C21H21N7O4. The fraction of sp³-hybridized carbons (Fsp3) is 0.286. The maximum atomic E-state index is 12.9. The molecule has 3 aromatic rings. The molecule has 1 amide bonds. The van der Waals surface area contributed by atoms with Crippen molar-refractivity contribution in [3.05, 3.63) is 53.6 Å². The first-order valence-electron chi connectivity index (χ1n) is 9.92. The lowest BCUT2D eigenvalue weighted by Gasteiger charge is -2.17. The van der Waals surface area contributed by atoms with Crippen LogP contribution in [0.5, 0.6) is 5.88 Å². The minimum absolute atomic E-state index is 0.0145. The first-order chi connectivity index (χ1) is 15.5. The fourth-order valence-corrected chi connectivity index (χ4v) is 3.12. The largest absolute Gasteiger partial charge is 0.471 e. The Balaban J connectivity index is 1.63. The van der Waals surface area contributed by atoms with Crippen molar-refractivity contribution >= 4 is 11.7 Å². The lowest BCUT2D eigenvalue weighted by molar-refractivity contribution is -0.0107. The highest BCUT2D eigenvalue weighted by atomic mass is 16.7. The number of ether oxygens (including phenoxy) is 2. The molecule has 4 N–H and O–H groups in total. The van der Waals surface area contributed by atoms with Crippen molar-refractivity contribution in [1.82, 2.24) is 25.4 Å². The number of nitrogens with two attached hydrogens (primary N) is 1. The number of aromatic nitrogens is 4. The molecule has 4 rings (SSSR count). The molecule has 1 saturated heterocycles. The number of amides is 1. The summed E-state index contributed by atoms with van der Waals surface area (Å²) in [5, 5.41) is 9.17. The second kappa shape index (κ2) is 9.42. The number of aromatic amines is 1. The highest BCUT2D eigenvalue weighted by Crippen LogP contribution is 2.28. The maximum Gasteiger partial charge on any atom is 0.284 e. The van der Waals surface area contributed by atoms with Crippen molar-refractivity contribution in [2.75, 3.05) is 18.9 Å². The SMILES string of the molecule is C[C@@H](ONC(=O)c1c(N)nc(-c2cccc(C#N)c2)nc1O[C@H]1CCOC1)c1cnc[nH]1. The van der Waals surface area contributed by atoms with E-state index in [1.54, 1.807) is 37.4 Å². The first-order valence-corrected chi connectivity index (χ1v) is 9.92. The van der Waals surface area contributed by atoms with Crippen molar-refractivity contribution in [1.29, 1.82) is 5.26 Å². The number of carbonyl (C=O) groups is 1. The first kappa shape index (κ1) is 21.2. The zero-order valence-corrected chi connectivity index (χ0v) is 17.2. The van der Waals surface area contributed by atoms with E-state index >= 15 is 0 Å². The number of nitrogens with zero attached hydrogens (tertiary/aromatic N) is 4. The monoisotopic (exact) mass is 435 g/mol. The summed E-state index contributed by atoms with van der Waals surface area (Å²) in [6.07, 6.45) is 2.99. The van der Waals surface area contributed by atoms with Gasteiger partial charge in [-0.15, -0.1) is 0 Å². The van der Waals surface area contributed by atoms with Gasteiger partial charge in [-0.25, -0.2) is 15.4 Å². The molecule has 11 nitrogen and oxygen atoms in total. The Labute approximate surface area is 183 Å². The predicted octanol–water partition coefficient (Wildman–Crippen LogP) is 1.91. The Morgan fingerprint density at radius 3 is 3.03 bits per heavy atom. The average molecular weight is 435 g/mol. The summed E-state index contributed by atoms with van der Waals surface area (Å²) in [6.45, 7) is 2.67. The molecule has 32 heavy (non-hydrogen) atoms. The van der Waals surface area contributed by atoms with Gasteiger partial charge in [-0.05, 0) is 19.1 Å². The fourth-order valence-electron chi connectivity index (χ4n) is 3.12.